The van der Waals surface area contributed by atoms with E-state index in [1.165, 1.54) is 0 Å². The molecule has 0 radical (unpaired) electrons. The van der Waals surface area contributed by atoms with Gasteiger partial charge in [0.15, 0.2) is 0 Å². The number of hydrogen-bond acceptors (Lipinski definition) is 3. The molecule has 1 aromatic carbocycles. The highest BCUT2D eigenvalue weighted by Gasteiger charge is 2.27. The fourth-order valence-electron chi connectivity index (χ4n) is 2.26. The monoisotopic (exact) mass is 341 g/mol. The Balaban J connectivity index is 2.10. The molecule has 1 aliphatic heterocycles. The van der Waals surface area contributed by atoms with E-state index < -0.39 is 12.1 Å². The fraction of sp³-hybridized carbons (Fsp3) is 0.429. The zero-order valence-corrected chi connectivity index (χ0v) is 12.7. The molecule has 0 spiro atoms. The van der Waals surface area contributed by atoms with Crippen LogP contribution in [0.2, 0.25) is 0 Å². The van der Waals surface area contributed by atoms with E-state index in [2.05, 4.69) is 15.9 Å². The van der Waals surface area contributed by atoms with Gasteiger partial charge in [-0.1, -0.05) is 15.9 Å². The van der Waals surface area contributed by atoms with Gasteiger partial charge in [0.05, 0.1) is 19.1 Å². The molecule has 1 fully saturated rings. The minimum absolute atomic E-state index is 0.0753. The molecule has 0 aromatic heterocycles. The Bertz CT molecular complexity index is 532. The highest BCUT2D eigenvalue weighted by atomic mass is 79.9. The summed E-state index contributed by atoms with van der Waals surface area (Å²) in [5.41, 5.74) is 1.54. The SMILES string of the molecule is Cc1cc(Br)ccc1C(=O)N1CCO[C@@H](CC(=O)O)C1. The zero-order chi connectivity index (χ0) is 14.7. The van der Waals surface area contributed by atoms with Gasteiger partial charge in [-0.15, -0.1) is 0 Å². The van der Waals surface area contributed by atoms with E-state index in [1.807, 2.05) is 19.1 Å². The molecule has 0 unspecified atom stereocenters. The first-order chi connectivity index (χ1) is 9.47. The molecule has 1 atom stereocenters. The molecule has 20 heavy (non-hydrogen) atoms. The molecular weight excluding hydrogens is 326 g/mol. The number of carboxylic acids is 1. The van der Waals surface area contributed by atoms with Crippen molar-refractivity contribution in [3.63, 3.8) is 0 Å². The summed E-state index contributed by atoms with van der Waals surface area (Å²) in [5, 5.41) is 8.79. The molecule has 108 valence electrons. The van der Waals surface area contributed by atoms with E-state index in [4.69, 9.17) is 9.84 Å². The Labute approximate surface area is 125 Å². The molecular formula is C14H16BrNO4. The summed E-state index contributed by atoms with van der Waals surface area (Å²) in [7, 11) is 0. The summed E-state index contributed by atoms with van der Waals surface area (Å²) < 4.78 is 6.30. The number of carboxylic acid groups (broad SMARTS) is 1. The van der Waals surface area contributed by atoms with Gasteiger partial charge in [0.2, 0.25) is 0 Å². The van der Waals surface area contributed by atoms with Crippen molar-refractivity contribution in [3.05, 3.63) is 33.8 Å². The number of ether oxygens (including phenoxy) is 1. The molecule has 1 amide bonds. The summed E-state index contributed by atoms with van der Waals surface area (Å²) in [5.74, 6) is -0.988. The Kier molecular flexibility index (Phi) is 4.77. The van der Waals surface area contributed by atoms with E-state index in [9.17, 15) is 9.59 Å². The van der Waals surface area contributed by atoms with Crippen LogP contribution in [0, 0.1) is 6.92 Å². The average molecular weight is 342 g/mol. The van der Waals surface area contributed by atoms with E-state index in [1.54, 1.807) is 11.0 Å². The predicted molar refractivity (Wildman–Crippen MR) is 76.8 cm³/mol. The van der Waals surface area contributed by atoms with Crippen LogP contribution >= 0.6 is 15.9 Å². The van der Waals surface area contributed by atoms with Crippen molar-refractivity contribution in [2.45, 2.75) is 19.4 Å². The molecule has 0 bridgehead atoms. The number of amides is 1. The number of hydrogen-bond donors (Lipinski definition) is 1. The number of benzene rings is 1. The lowest BCUT2D eigenvalue weighted by Gasteiger charge is -2.32. The maximum absolute atomic E-state index is 12.5. The minimum atomic E-state index is -0.913. The second-order valence-corrected chi connectivity index (χ2v) is 5.72. The van der Waals surface area contributed by atoms with Gasteiger partial charge in [-0.2, -0.15) is 0 Å². The molecule has 2 rings (SSSR count). The first-order valence-corrected chi connectivity index (χ1v) is 7.15. The standard InChI is InChI=1S/C14H16BrNO4/c1-9-6-10(15)2-3-12(9)14(19)16-4-5-20-11(8-16)7-13(17)18/h2-3,6,11H,4-5,7-8H2,1H3,(H,17,18)/t11-/m0/s1. The van der Waals surface area contributed by atoms with Crippen LogP contribution in [0.15, 0.2) is 22.7 Å². The second-order valence-electron chi connectivity index (χ2n) is 4.80. The van der Waals surface area contributed by atoms with Crippen molar-refractivity contribution < 1.29 is 19.4 Å². The third-order valence-corrected chi connectivity index (χ3v) is 3.74. The molecule has 5 nitrogen and oxygen atoms in total. The number of morpholine rings is 1. The number of carbonyl (C=O) groups is 2. The van der Waals surface area contributed by atoms with Crippen LogP contribution in [-0.2, 0) is 9.53 Å². The van der Waals surface area contributed by atoms with Crippen LogP contribution in [0.1, 0.15) is 22.3 Å². The highest BCUT2D eigenvalue weighted by molar-refractivity contribution is 9.10. The normalized spacial score (nSPS) is 18.9. The topological polar surface area (TPSA) is 66.8 Å². The van der Waals surface area contributed by atoms with Gasteiger partial charge in [0, 0.05) is 23.1 Å². The van der Waals surface area contributed by atoms with E-state index >= 15 is 0 Å². The van der Waals surface area contributed by atoms with Gasteiger partial charge >= 0.3 is 5.97 Å². The summed E-state index contributed by atoms with van der Waals surface area (Å²) >= 11 is 3.37. The van der Waals surface area contributed by atoms with Crippen molar-refractivity contribution in [2.75, 3.05) is 19.7 Å². The Hall–Kier alpha value is -1.40. The maximum Gasteiger partial charge on any atom is 0.306 e. The number of halogens is 1. The van der Waals surface area contributed by atoms with E-state index in [0.29, 0.717) is 25.3 Å². The molecule has 1 aromatic rings. The average Bonchev–Trinajstić information content (AvgIpc) is 2.37. The van der Waals surface area contributed by atoms with Crippen LogP contribution in [0.25, 0.3) is 0 Å². The predicted octanol–water partition coefficient (Wildman–Crippen LogP) is 2.07. The summed E-state index contributed by atoms with van der Waals surface area (Å²) in [6.07, 6.45) is -0.510. The van der Waals surface area contributed by atoms with Gasteiger partial charge in [-0.05, 0) is 30.7 Å². The van der Waals surface area contributed by atoms with E-state index in [-0.39, 0.29) is 12.3 Å². The van der Waals surface area contributed by atoms with Crippen molar-refractivity contribution >= 4 is 27.8 Å². The van der Waals surface area contributed by atoms with Crippen molar-refractivity contribution in [1.82, 2.24) is 4.90 Å². The molecule has 1 saturated heterocycles. The number of nitrogens with zero attached hydrogens (tertiary/aromatic N) is 1. The molecule has 1 N–H and O–H groups in total. The lowest BCUT2D eigenvalue weighted by atomic mass is 10.1. The number of aryl methyl sites for hydroxylation is 1. The third-order valence-electron chi connectivity index (χ3n) is 3.25. The zero-order valence-electron chi connectivity index (χ0n) is 11.1. The molecule has 1 aliphatic rings. The summed E-state index contributed by atoms with van der Waals surface area (Å²) in [6, 6.07) is 5.50. The second kappa shape index (κ2) is 6.37. The van der Waals surface area contributed by atoms with Crippen molar-refractivity contribution in [3.8, 4) is 0 Å². The maximum atomic E-state index is 12.5. The van der Waals surface area contributed by atoms with Crippen LogP contribution in [0.4, 0.5) is 0 Å². The highest BCUT2D eigenvalue weighted by Crippen LogP contribution is 2.19. The number of rotatable bonds is 3. The summed E-state index contributed by atoms with van der Waals surface area (Å²) in [6.45, 7) is 3.07. The minimum Gasteiger partial charge on any atom is -0.481 e. The molecule has 0 aliphatic carbocycles. The van der Waals surface area contributed by atoms with Gasteiger partial charge in [-0.25, -0.2) is 0 Å². The van der Waals surface area contributed by atoms with Crippen molar-refractivity contribution in [2.24, 2.45) is 0 Å². The van der Waals surface area contributed by atoms with Gasteiger partial charge in [-0.3, -0.25) is 9.59 Å². The first-order valence-electron chi connectivity index (χ1n) is 6.36. The van der Waals surface area contributed by atoms with Gasteiger partial charge in [0.25, 0.3) is 5.91 Å². The fourth-order valence-corrected chi connectivity index (χ4v) is 2.73. The van der Waals surface area contributed by atoms with Gasteiger partial charge < -0.3 is 14.7 Å². The third kappa shape index (κ3) is 3.58. The van der Waals surface area contributed by atoms with Crippen molar-refractivity contribution in [1.29, 1.82) is 0 Å². The molecule has 1 heterocycles. The molecule has 6 heteroatoms. The Morgan fingerprint density at radius 1 is 1.50 bits per heavy atom. The Morgan fingerprint density at radius 3 is 2.90 bits per heavy atom. The summed E-state index contributed by atoms with van der Waals surface area (Å²) in [4.78, 5) is 24.8. The number of aliphatic carboxylic acids is 1. The first kappa shape index (κ1) is 15.0. The lowest BCUT2D eigenvalue weighted by Crippen LogP contribution is -2.46. The quantitative estimate of drug-likeness (QED) is 0.913. The smallest absolute Gasteiger partial charge is 0.306 e. The van der Waals surface area contributed by atoms with Crippen LogP contribution in [0.3, 0.4) is 0 Å². The largest absolute Gasteiger partial charge is 0.481 e. The number of carbonyl (C=O) groups excluding carboxylic acids is 1. The van der Waals surface area contributed by atoms with Crippen LogP contribution < -0.4 is 0 Å². The Morgan fingerprint density at radius 2 is 2.25 bits per heavy atom. The van der Waals surface area contributed by atoms with Crippen LogP contribution in [-0.4, -0.2) is 47.7 Å². The lowest BCUT2D eigenvalue weighted by molar-refractivity contribution is -0.141. The molecule has 0 saturated carbocycles. The van der Waals surface area contributed by atoms with Crippen LogP contribution in [0.5, 0.6) is 0 Å². The van der Waals surface area contributed by atoms with E-state index in [0.717, 1.165) is 10.0 Å². The van der Waals surface area contributed by atoms with Gasteiger partial charge in [0.1, 0.15) is 0 Å².